The van der Waals surface area contributed by atoms with Gasteiger partial charge in [0.2, 0.25) is 0 Å². The summed E-state index contributed by atoms with van der Waals surface area (Å²) in [5, 5.41) is 28.7. The number of aliphatic hydroxyl groups is 2. The summed E-state index contributed by atoms with van der Waals surface area (Å²) in [6, 6.07) is -0.937. The van der Waals surface area contributed by atoms with Crippen molar-refractivity contribution >= 4 is 10.2 Å². The molecule has 2 fully saturated rings. The Hall–Kier alpha value is -0.930. The summed E-state index contributed by atoms with van der Waals surface area (Å²) < 4.78 is 29.6. The summed E-state index contributed by atoms with van der Waals surface area (Å²) >= 11 is 0. The van der Waals surface area contributed by atoms with Crippen molar-refractivity contribution in [1.82, 2.24) is 0 Å². The van der Waals surface area contributed by atoms with Crippen molar-refractivity contribution in [2.24, 2.45) is 31.1 Å². The van der Waals surface area contributed by atoms with Crippen LogP contribution in [0.3, 0.4) is 0 Å². The largest absolute Gasteiger partial charge is 0.397 e. The number of hydrogen-bond donors (Lipinski definition) is 2. The van der Waals surface area contributed by atoms with Crippen molar-refractivity contribution in [3.63, 3.8) is 0 Å². The third kappa shape index (κ3) is 6.07. The van der Waals surface area contributed by atoms with Gasteiger partial charge in [-0.2, -0.15) is 18.6 Å². The van der Waals surface area contributed by atoms with Gasteiger partial charge in [0, 0.05) is 0 Å². The lowest BCUT2D eigenvalue weighted by Crippen LogP contribution is -2.45. The summed E-state index contributed by atoms with van der Waals surface area (Å²) in [6.45, 7) is 0. The molecule has 144 valence electrons. The molecule has 2 aliphatic carbocycles. The first-order valence-electron chi connectivity index (χ1n) is 9.29. The lowest BCUT2D eigenvalue weighted by molar-refractivity contribution is -0.0200. The molecule has 2 atom stereocenters. The van der Waals surface area contributed by atoms with Crippen LogP contribution >= 0.6 is 0 Å². The van der Waals surface area contributed by atoms with Gasteiger partial charge >= 0.3 is 10.2 Å². The minimum atomic E-state index is -4.16. The zero-order chi connectivity index (χ0) is 18.3. The second-order valence-electron chi connectivity index (χ2n) is 7.19. The van der Waals surface area contributed by atoms with Crippen molar-refractivity contribution < 1.29 is 18.6 Å². The predicted molar refractivity (Wildman–Crippen MR) is 93.5 cm³/mol. The Labute approximate surface area is 150 Å². The van der Waals surface area contributed by atoms with Crippen LogP contribution in [0.15, 0.2) is 19.3 Å². The van der Waals surface area contributed by atoms with E-state index in [1.165, 1.54) is 7.05 Å². The van der Waals surface area contributed by atoms with E-state index in [0.717, 1.165) is 64.2 Å². The monoisotopic (exact) mass is 374 g/mol. The molecule has 2 saturated carbocycles. The summed E-state index contributed by atoms with van der Waals surface area (Å²) in [4.78, 5) is 0. The highest BCUT2D eigenvalue weighted by atomic mass is 32.2. The Morgan fingerprint density at radius 2 is 1.24 bits per heavy atom. The van der Waals surface area contributed by atoms with Crippen LogP contribution in [0, 0.1) is 11.8 Å². The second kappa shape index (κ2) is 9.68. The molecule has 0 heterocycles. The first kappa shape index (κ1) is 20.4. The highest BCUT2D eigenvalue weighted by Gasteiger charge is 2.38. The minimum absolute atomic E-state index is 0.0199. The van der Waals surface area contributed by atoms with Gasteiger partial charge in [-0.15, -0.1) is 0 Å². The lowest BCUT2D eigenvalue weighted by Gasteiger charge is -2.35. The van der Waals surface area contributed by atoms with Gasteiger partial charge in [0.15, 0.2) is 0 Å². The zero-order valence-corrected chi connectivity index (χ0v) is 15.7. The Morgan fingerprint density at radius 3 is 1.64 bits per heavy atom. The van der Waals surface area contributed by atoms with E-state index in [9.17, 15) is 18.6 Å². The SMILES string of the molecule is CN=NS(=O)(=O)N=NC(C(O)C1CCCCC1)C(O)C1CCCCC1. The maximum Gasteiger partial charge on any atom is 0.397 e. The Kier molecular flexibility index (Phi) is 7.89. The molecule has 0 saturated heterocycles. The number of nitrogens with zero attached hydrogens (tertiary/aromatic N) is 4. The van der Waals surface area contributed by atoms with Crippen molar-refractivity contribution in [1.29, 1.82) is 0 Å². The predicted octanol–water partition coefficient (Wildman–Crippen LogP) is 3.02. The molecule has 0 spiro atoms. The molecule has 0 amide bonds. The van der Waals surface area contributed by atoms with Crippen LogP contribution in [-0.2, 0) is 10.2 Å². The van der Waals surface area contributed by atoms with Gasteiger partial charge in [-0.25, -0.2) is 0 Å². The molecule has 0 aromatic rings. The normalized spacial score (nSPS) is 25.4. The highest BCUT2D eigenvalue weighted by Crippen LogP contribution is 2.34. The molecule has 0 bridgehead atoms. The fourth-order valence-electron chi connectivity index (χ4n) is 4.08. The quantitative estimate of drug-likeness (QED) is 0.664. The van der Waals surface area contributed by atoms with E-state index in [-0.39, 0.29) is 11.8 Å². The molecule has 0 radical (unpaired) electrons. The summed E-state index contributed by atoms with van der Waals surface area (Å²) in [5.74, 6) is 0.0397. The van der Waals surface area contributed by atoms with E-state index >= 15 is 0 Å². The van der Waals surface area contributed by atoms with Crippen LogP contribution in [0.25, 0.3) is 0 Å². The molecule has 0 aromatic carbocycles. The average molecular weight is 375 g/mol. The molecular weight excluding hydrogens is 344 g/mol. The molecule has 2 aliphatic rings. The van der Waals surface area contributed by atoms with Crippen molar-refractivity contribution in [3.8, 4) is 0 Å². The summed E-state index contributed by atoms with van der Waals surface area (Å²) in [7, 11) is -2.93. The standard InChI is InChI=1S/C16H30N4O4S/c1-17-19-25(23,24)20-18-14(15(21)12-8-4-2-5-9-12)16(22)13-10-6-3-7-11-13/h12-16,21-22H,2-11H2,1H3. The highest BCUT2D eigenvalue weighted by molar-refractivity contribution is 7.88. The maximum atomic E-state index is 11.6. The molecular formula is C16H30N4O4S. The number of rotatable bonds is 7. The summed E-state index contributed by atoms with van der Waals surface area (Å²) in [6.07, 6.45) is 8.11. The zero-order valence-electron chi connectivity index (χ0n) is 14.9. The van der Waals surface area contributed by atoms with E-state index in [1.54, 1.807) is 0 Å². The molecule has 25 heavy (non-hydrogen) atoms. The fourth-order valence-corrected chi connectivity index (χ4v) is 4.55. The summed E-state index contributed by atoms with van der Waals surface area (Å²) in [5.41, 5.74) is 0. The van der Waals surface area contributed by atoms with E-state index in [0.29, 0.717) is 0 Å². The van der Waals surface area contributed by atoms with Crippen LogP contribution < -0.4 is 0 Å². The Bertz CT molecular complexity index is 530. The second-order valence-corrected chi connectivity index (χ2v) is 8.42. The van der Waals surface area contributed by atoms with Gasteiger partial charge in [-0.1, -0.05) is 38.5 Å². The average Bonchev–Trinajstić information content (AvgIpc) is 2.63. The van der Waals surface area contributed by atoms with E-state index in [2.05, 4.69) is 19.3 Å². The molecule has 9 heteroatoms. The van der Waals surface area contributed by atoms with Gasteiger partial charge < -0.3 is 10.2 Å². The number of hydrogen-bond acceptors (Lipinski definition) is 6. The molecule has 2 rings (SSSR count). The van der Waals surface area contributed by atoms with Gasteiger partial charge in [-0.05, 0) is 46.6 Å². The van der Waals surface area contributed by atoms with Crippen LogP contribution in [0.4, 0.5) is 0 Å². The van der Waals surface area contributed by atoms with E-state index in [4.69, 9.17) is 0 Å². The third-order valence-electron chi connectivity index (χ3n) is 5.43. The van der Waals surface area contributed by atoms with Crippen LogP contribution in [0.5, 0.6) is 0 Å². The first-order chi connectivity index (χ1) is 11.9. The van der Waals surface area contributed by atoms with Gasteiger partial charge in [-0.3, -0.25) is 0 Å². The molecule has 2 N–H and O–H groups in total. The fraction of sp³-hybridized carbons (Fsp3) is 1.00. The van der Waals surface area contributed by atoms with Gasteiger partial charge in [0.05, 0.1) is 19.3 Å². The lowest BCUT2D eigenvalue weighted by atomic mass is 9.77. The number of aliphatic hydroxyl groups excluding tert-OH is 2. The van der Waals surface area contributed by atoms with Gasteiger partial charge in [0.1, 0.15) is 6.04 Å². The molecule has 0 aliphatic heterocycles. The van der Waals surface area contributed by atoms with Crippen molar-refractivity contribution in [2.75, 3.05) is 7.05 Å². The Balaban J connectivity index is 2.18. The molecule has 0 aromatic heterocycles. The van der Waals surface area contributed by atoms with Gasteiger partial charge in [0.25, 0.3) is 0 Å². The minimum Gasteiger partial charge on any atom is -0.390 e. The molecule has 2 unspecified atom stereocenters. The Morgan fingerprint density at radius 1 is 0.800 bits per heavy atom. The van der Waals surface area contributed by atoms with E-state index in [1.807, 2.05) is 0 Å². The topological polar surface area (TPSA) is 124 Å². The van der Waals surface area contributed by atoms with Crippen LogP contribution in [0.1, 0.15) is 64.2 Å². The van der Waals surface area contributed by atoms with E-state index < -0.39 is 28.5 Å². The first-order valence-corrected chi connectivity index (χ1v) is 10.7. The molecule has 8 nitrogen and oxygen atoms in total. The van der Waals surface area contributed by atoms with Crippen molar-refractivity contribution in [3.05, 3.63) is 0 Å². The maximum absolute atomic E-state index is 11.6. The van der Waals surface area contributed by atoms with Crippen molar-refractivity contribution in [2.45, 2.75) is 82.5 Å². The smallest absolute Gasteiger partial charge is 0.390 e. The van der Waals surface area contributed by atoms with Crippen LogP contribution in [-0.4, -0.2) is 43.9 Å². The third-order valence-corrected chi connectivity index (χ3v) is 6.10. The van der Waals surface area contributed by atoms with Crippen LogP contribution in [0.2, 0.25) is 0 Å².